The van der Waals surface area contributed by atoms with E-state index in [2.05, 4.69) is 18.9 Å². The van der Waals surface area contributed by atoms with Gasteiger partial charge in [-0.15, -0.1) is 0 Å². The molecule has 18 heavy (non-hydrogen) atoms. The summed E-state index contributed by atoms with van der Waals surface area (Å²) < 4.78 is 1.53. The molecule has 1 aromatic heterocycles. The van der Waals surface area contributed by atoms with Crippen LogP contribution in [0.4, 0.5) is 5.82 Å². The van der Waals surface area contributed by atoms with Crippen LogP contribution in [0.15, 0.2) is 6.20 Å². The lowest BCUT2D eigenvalue weighted by molar-refractivity contribution is 0.0757. The Hall–Kier alpha value is -1.17. The van der Waals surface area contributed by atoms with Gasteiger partial charge in [0, 0.05) is 31.1 Å². The van der Waals surface area contributed by atoms with E-state index in [0.29, 0.717) is 22.5 Å². The van der Waals surface area contributed by atoms with Crippen molar-refractivity contribution in [1.29, 1.82) is 0 Å². The normalized spacial score (nSPS) is 20.4. The maximum Gasteiger partial charge on any atom is 0.259 e. The molecule has 1 saturated heterocycles. The number of nitrogen functional groups attached to an aromatic ring is 1. The molecule has 1 aromatic rings. The van der Waals surface area contributed by atoms with E-state index >= 15 is 0 Å². The van der Waals surface area contributed by atoms with Crippen molar-refractivity contribution in [3.8, 4) is 0 Å². The van der Waals surface area contributed by atoms with Gasteiger partial charge in [0.05, 0.1) is 6.20 Å². The molecule has 0 spiro atoms. The van der Waals surface area contributed by atoms with Crippen molar-refractivity contribution in [2.75, 3.05) is 24.6 Å². The van der Waals surface area contributed by atoms with Crippen LogP contribution in [0.1, 0.15) is 24.2 Å². The maximum atomic E-state index is 12.4. The van der Waals surface area contributed by atoms with E-state index in [9.17, 15) is 4.79 Å². The molecule has 1 amide bonds. The van der Waals surface area contributed by atoms with E-state index < -0.39 is 0 Å². The van der Waals surface area contributed by atoms with E-state index in [1.165, 1.54) is 4.68 Å². The van der Waals surface area contributed by atoms with Gasteiger partial charge < -0.3 is 10.6 Å². The molecular weight excluding hydrogens is 248 g/mol. The third kappa shape index (κ3) is 2.48. The predicted molar refractivity (Wildman–Crippen MR) is 74.6 cm³/mol. The highest BCUT2D eigenvalue weighted by Crippen LogP contribution is 2.26. The average molecular weight is 268 g/mol. The number of carbonyl (C=O) groups is 1. The summed E-state index contributed by atoms with van der Waals surface area (Å²) in [6.45, 7) is 5.99. The second-order valence-corrected chi connectivity index (χ2v) is 6.32. The van der Waals surface area contributed by atoms with E-state index in [1.807, 2.05) is 16.7 Å². The molecule has 1 fully saturated rings. The first-order valence-corrected chi connectivity index (χ1v) is 7.24. The molecule has 1 aliphatic rings. The molecule has 2 N–H and O–H groups in total. The molecule has 0 radical (unpaired) electrons. The fourth-order valence-electron chi connectivity index (χ4n) is 2.05. The van der Waals surface area contributed by atoms with Gasteiger partial charge in [0.25, 0.3) is 5.91 Å². The van der Waals surface area contributed by atoms with Gasteiger partial charge in [0.2, 0.25) is 0 Å². The van der Waals surface area contributed by atoms with Crippen LogP contribution in [-0.2, 0) is 7.05 Å². The van der Waals surface area contributed by atoms with Gasteiger partial charge in [-0.3, -0.25) is 9.48 Å². The predicted octanol–water partition coefficient (Wildman–Crippen LogP) is 1.22. The van der Waals surface area contributed by atoms with Crippen LogP contribution >= 0.6 is 11.8 Å². The summed E-state index contributed by atoms with van der Waals surface area (Å²) in [4.78, 5) is 14.3. The van der Waals surface area contributed by atoms with Gasteiger partial charge in [-0.1, -0.05) is 13.8 Å². The first-order valence-electron chi connectivity index (χ1n) is 6.19. The van der Waals surface area contributed by atoms with Gasteiger partial charge in [-0.05, 0) is 5.92 Å². The van der Waals surface area contributed by atoms with E-state index in [-0.39, 0.29) is 5.91 Å². The Bertz CT molecular complexity index is 443. The fourth-order valence-corrected chi connectivity index (χ4v) is 3.34. The zero-order valence-electron chi connectivity index (χ0n) is 11.1. The minimum Gasteiger partial charge on any atom is -0.383 e. The Morgan fingerprint density at radius 3 is 2.89 bits per heavy atom. The van der Waals surface area contributed by atoms with Crippen molar-refractivity contribution in [3.63, 3.8) is 0 Å². The Labute approximate surface area is 112 Å². The zero-order chi connectivity index (χ0) is 13.3. The number of carbonyl (C=O) groups excluding carboxylic acids is 1. The monoisotopic (exact) mass is 268 g/mol. The highest BCUT2D eigenvalue weighted by Gasteiger charge is 2.28. The molecular formula is C12H20N4OS. The van der Waals surface area contributed by atoms with E-state index in [0.717, 1.165) is 18.8 Å². The standard InChI is InChI=1S/C12H20N4OS/c1-8(2)10-7-16(4-5-18-10)12(17)9-6-14-15(3)11(9)13/h6,8,10H,4-5,7,13H2,1-3H3/t10-/m0/s1. The zero-order valence-corrected chi connectivity index (χ0v) is 11.9. The summed E-state index contributed by atoms with van der Waals surface area (Å²) in [7, 11) is 1.75. The van der Waals surface area contributed by atoms with Crippen LogP contribution in [-0.4, -0.2) is 44.7 Å². The lowest BCUT2D eigenvalue weighted by Gasteiger charge is -2.34. The van der Waals surface area contributed by atoms with E-state index in [4.69, 9.17) is 5.73 Å². The molecule has 5 nitrogen and oxygen atoms in total. The molecule has 0 saturated carbocycles. The third-order valence-electron chi connectivity index (χ3n) is 3.34. The molecule has 1 aliphatic heterocycles. The molecule has 2 rings (SSSR count). The topological polar surface area (TPSA) is 64.2 Å². The number of hydrogen-bond donors (Lipinski definition) is 1. The molecule has 0 bridgehead atoms. The largest absolute Gasteiger partial charge is 0.383 e. The van der Waals surface area contributed by atoms with Gasteiger partial charge in [0.1, 0.15) is 11.4 Å². The second-order valence-electron chi connectivity index (χ2n) is 4.97. The molecule has 6 heteroatoms. The van der Waals surface area contributed by atoms with Crippen molar-refractivity contribution in [1.82, 2.24) is 14.7 Å². The Balaban J connectivity index is 2.12. The van der Waals surface area contributed by atoms with Crippen LogP contribution < -0.4 is 5.73 Å². The first kappa shape index (κ1) is 13.3. The second kappa shape index (κ2) is 5.22. The van der Waals surface area contributed by atoms with Crippen LogP contribution in [0.25, 0.3) is 0 Å². The minimum absolute atomic E-state index is 0.00606. The van der Waals surface area contributed by atoms with E-state index in [1.54, 1.807) is 13.2 Å². The number of amides is 1. The number of anilines is 1. The molecule has 0 aromatic carbocycles. The van der Waals surface area contributed by atoms with Crippen LogP contribution in [0.3, 0.4) is 0 Å². The van der Waals surface area contributed by atoms with Gasteiger partial charge >= 0.3 is 0 Å². The Kier molecular flexibility index (Phi) is 3.85. The van der Waals surface area contributed by atoms with Crippen LogP contribution in [0.2, 0.25) is 0 Å². The molecule has 2 heterocycles. The Morgan fingerprint density at radius 2 is 2.33 bits per heavy atom. The van der Waals surface area contributed by atoms with Crippen molar-refractivity contribution in [2.45, 2.75) is 19.1 Å². The third-order valence-corrected chi connectivity index (χ3v) is 4.88. The van der Waals surface area contributed by atoms with Crippen molar-refractivity contribution < 1.29 is 4.79 Å². The summed E-state index contributed by atoms with van der Waals surface area (Å²) in [6, 6.07) is 0. The van der Waals surface area contributed by atoms with Crippen molar-refractivity contribution in [3.05, 3.63) is 11.8 Å². The van der Waals surface area contributed by atoms with Crippen molar-refractivity contribution in [2.24, 2.45) is 13.0 Å². The number of hydrogen-bond acceptors (Lipinski definition) is 4. The van der Waals surface area contributed by atoms with Crippen LogP contribution in [0.5, 0.6) is 0 Å². The molecule has 0 aliphatic carbocycles. The lowest BCUT2D eigenvalue weighted by Crippen LogP contribution is -2.43. The van der Waals surface area contributed by atoms with Gasteiger partial charge in [-0.25, -0.2) is 0 Å². The molecule has 0 unspecified atom stereocenters. The van der Waals surface area contributed by atoms with Gasteiger partial charge in [-0.2, -0.15) is 16.9 Å². The SMILES string of the molecule is CC(C)[C@@H]1CN(C(=O)c2cnn(C)c2N)CCS1. The summed E-state index contributed by atoms with van der Waals surface area (Å²) in [6.07, 6.45) is 1.56. The highest BCUT2D eigenvalue weighted by molar-refractivity contribution is 8.00. The average Bonchev–Trinajstić information content (AvgIpc) is 2.69. The smallest absolute Gasteiger partial charge is 0.259 e. The summed E-state index contributed by atoms with van der Waals surface area (Å²) in [5.41, 5.74) is 6.37. The van der Waals surface area contributed by atoms with Gasteiger partial charge in [0.15, 0.2) is 0 Å². The number of aromatic nitrogens is 2. The summed E-state index contributed by atoms with van der Waals surface area (Å²) in [5, 5.41) is 4.54. The minimum atomic E-state index is 0.00606. The summed E-state index contributed by atoms with van der Waals surface area (Å²) >= 11 is 1.95. The lowest BCUT2D eigenvalue weighted by atomic mass is 10.1. The Morgan fingerprint density at radius 1 is 1.61 bits per heavy atom. The quantitative estimate of drug-likeness (QED) is 0.876. The molecule has 100 valence electrons. The number of nitrogens with two attached hydrogens (primary N) is 1. The number of rotatable bonds is 2. The maximum absolute atomic E-state index is 12.4. The first-order chi connectivity index (χ1) is 8.50. The molecule has 1 atom stereocenters. The number of aryl methyl sites for hydroxylation is 1. The fraction of sp³-hybridized carbons (Fsp3) is 0.667. The van der Waals surface area contributed by atoms with Crippen molar-refractivity contribution >= 4 is 23.5 Å². The van der Waals surface area contributed by atoms with Crippen LogP contribution in [0, 0.1) is 5.92 Å². The highest BCUT2D eigenvalue weighted by atomic mass is 32.2. The summed E-state index contributed by atoms with van der Waals surface area (Å²) in [5.74, 6) is 2.03. The number of nitrogens with zero attached hydrogens (tertiary/aromatic N) is 3. The number of thioether (sulfide) groups is 1.